The average Bonchev–Trinajstić information content (AvgIpc) is 3.10. The third-order valence-corrected chi connectivity index (χ3v) is 4.24. The van der Waals surface area contributed by atoms with Crippen LogP contribution >= 0.6 is 0 Å². The van der Waals surface area contributed by atoms with Crippen molar-refractivity contribution in [1.82, 2.24) is 20.4 Å². The van der Waals surface area contributed by atoms with Gasteiger partial charge in [-0.1, -0.05) is 12.1 Å². The van der Waals surface area contributed by atoms with Crippen molar-refractivity contribution in [2.75, 3.05) is 26.2 Å². The van der Waals surface area contributed by atoms with E-state index in [-0.39, 0.29) is 12.1 Å². The summed E-state index contributed by atoms with van der Waals surface area (Å²) < 4.78 is 11.2. The normalized spacial score (nSPS) is 29.7. The van der Waals surface area contributed by atoms with E-state index in [1.165, 1.54) is 0 Å². The van der Waals surface area contributed by atoms with E-state index < -0.39 is 0 Å². The van der Waals surface area contributed by atoms with Crippen molar-refractivity contribution in [3.63, 3.8) is 0 Å². The van der Waals surface area contributed by atoms with Gasteiger partial charge in [0.2, 0.25) is 0 Å². The van der Waals surface area contributed by atoms with Gasteiger partial charge >= 0.3 is 0 Å². The van der Waals surface area contributed by atoms with Crippen molar-refractivity contribution in [2.24, 2.45) is 0 Å². The van der Waals surface area contributed by atoms with E-state index in [2.05, 4.69) is 34.2 Å². The van der Waals surface area contributed by atoms with Crippen molar-refractivity contribution in [1.29, 1.82) is 0 Å². The Kier molecular flexibility index (Phi) is 4.33. The topological polar surface area (TPSA) is 63.4 Å². The molecule has 3 rings (SSSR count). The number of nitrogens with one attached hydrogen (secondary N) is 1. The van der Waals surface area contributed by atoms with Crippen LogP contribution in [0.3, 0.4) is 0 Å². The van der Waals surface area contributed by atoms with Crippen LogP contribution in [0.2, 0.25) is 0 Å². The Balaban J connectivity index is 1.70. The van der Waals surface area contributed by atoms with Crippen molar-refractivity contribution in [2.45, 2.75) is 51.4 Å². The van der Waals surface area contributed by atoms with Gasteiger partial charge in [0.15, 0.2) is 5.82 Å². The molecule has 2 saturated heterocycles. The molecule has 6 nitrogen and oxygen atoms in total. The molecule has 20 heavy (non-hydrogen) atoms. The van der Waals surface area contributed by atoms with Crippen molar-refractivity contribution < 1.29 is 9.26 Å². The van der Waals surface area contributed by atoms with Gasteiger partial charge in [-0.2, -0.15) is 4.98 Å². The lowest BCUT2D eigenvalue weighted by atomic mass is 10.1. The van der Waals surface area contributed by atoms with Crippen LogP contribution in [0.1, 0.15) is 57.0 Å². The summed E-state index contributed by atoms with van der Waals surface area (Å²) in [6.45, 7) is 8.41. The van der Waals surface area contributed by atoms with Crippen molar-refractivity contribution in [3.8, 4) is 0 Å². The van der Waals surface area contributed by atoms with E-state index in [0.29, 0.717) is 12.0 Å². The fourth-order valence-electron chi connectivity index (χ4n) is 3.10. The number of hydrogen-bond acceptors (Lipinski definition) is 6. The first-order valence-corrected chi connectivity index (χ1v) is 7.71. The summed E-state index contributed by atoms with van der Waals surface area (Å²) >= 11 is 0. The molecule has 0 spiro atoms. The molecule has 3 atom stereocenters. The smallest absolute Gasteiger partial charge is 0.255 e. The van der Waals surface area contributed by atoms with Gasteiger partial charge in [0.05, 0.1) is 12.1 Å². The molecular formula is C14H24N4O2. The largest absolute Gasteiger partial charge is 0.365 e. The Morgan fingerprint density at radius 1 is 1.35 bits per heavy atom. The standard InChI is InChI=1S/C14H24N4O2/c1-3-11(18-8-6-15-7-9-18)13-16-14(20-17-13)12-5-4-10(2)19-12/h10-12,15H,3-9H2,1-2H3. The molecule has 1 aromatic rings. The highest BCUT2D eigenvalue weighted by Crippen LogP contribution is 2.32. The van der Waals surface area contributed by atoms with Crippen LogP contribution in [0.4, 0.5) is 0 Å². The second-order valence-corrected chi connectivity index (χ2v) is 5.71. The van der Waals surface area contributed by atoms with Gasteiger partial charge < -0.3 is 14.6 Å². The summed E-state index contributed by atoms with van der Waals surface area (Å²) in [7, 11) is 0. The minimum atomic E-state index is -0.00761. The first-order chi connectivity index (χ1) is 9.78. The SMILES string of the molecule is CCC(c1noc(C2CCC(C)O2)n1)N1CCNCC1. The predicted octanol–water partition coefficient (Wildman–Crippen LogP) is 1.67. The molecule has 6 heteroatoms. The van der Waals surface area contributed by atoms with Gasteiger partial charge in [0, 0.05) is 26.2 Å². The Morgan fingerprint density at radius 2 is 2.15 bits per heavy atom. The lowest BCUT2D eigenvalue weighted by molar-refractivity contribution is 0.0355. The van der Waals surface area contributed by atoms with E-state index in [4.69, 9.17) is 9.26 Å². The molecular weight excluding hydrogens is 256 g/mol. The van der Waals surface area contributed by atoms with Gasteiger partial charge in [-0.05, 0) is 26.2 Å². The zero-order chi connectivity index (χ0) is 13.9. The highest BCUT2D eigenvalue weighted by molar-refractivity contribution is 4.99. The maximum absolute atomic E-state index is 5.80. The first-order valence-electron chi connectivity index (χ1n) is 7.71. The molecule has 112 valence electrons. The van der Waals surface area contributed by atoms with E-state index in [1.54, 1.807) is 0 Å². The van der Waals surface area contributed by atoms with E-state index in [0.717, 1.165) is 51.3 Å². The van der Waals surface area contributed by atoms with Crippen LogP contribution in [0.5, 0.6) is 0 Å². The van der Waals surface area contributed by atoms with E-state index >= 15 is 0 Å². The molecule has 0 radical (unpaired) electrons. The van der Waals surface area contributed by atoms with Crippen LogP contribution in [0.25, 0.3) is 0 Å². The van der Waals surface area contributed by atoms with Gasteiger partial charge in [-0.3, -0.25) is 4.90 Å². The maximum Gasteiger partial charge on any atom is 0.255 e. The predicted molar refractivity (Wildman–Crippen MR) is 74.3 cm³/mol. The van der Waals surface area contributed by atoms with Crippen LogP contribution in [0.15, 0.2) is 4.52 Å². The Bertz CT molecular complexity index is 431. The molecule has 2 aliphatic heterocycles. The van der Waals surface area contributed by atoms with Crippen LogP contribution in [0, 0.1) is 0 Å². The first kappa shape index (κ1) is 14.0. The molecule has 0 aliphatic carbocycles. The molecule has 0 aromatic carbocycles. The second kappa shape index (κ2) is 6.20. The summed E-state index contributed by atoms with van der Waals surface area (Å²) in [5.41, 5.74) is 0. The van der Waals surface area contributed by atoms with Crippen LogP contribution < -0.4 is 5.32 Å². The average molecular weight is 280 g/mol. The minimum Gasteiger partial charge on any atom is -0.365 e. The molecule has 0 bridgehead atoms. The molecule has 1 aromatic heterocycles. The molecule has 0 amide bonds. The van der Waals surface area contributed by atoms with Gasteiger partial charge in [0.25, 0.3) is 5.89 Å². The third-order valence-electron chi connectivity index (χ3n) is 4.24. The zero-order valence-corrected chi connectivity index (χ0v) is 12.3. The van der Waals surface area contributed by atoms with Crippen LogP contribution in [-0.4, -0.2) is 47.3 Å². The van der Waals surface area contributed by atoms with Crippen molar-refractivity contribution >= 4 is 0 Å². The molecule has 2 aliphatic rings. The van der Waals surface area contributed by atoms with Gasteiger partial charge in [0.1, 0.15) is 6.10 Å². The Hall–Kier alpha value is -0.980. The van der Waals surface area contributed by atoms with Gasteiger partial charge in [-0.15, -0.1) is 0 Å². The second-order valence-electron chi connectivity index (χ2n) is 5.71. The lowest BCUT2D eigenvalue weighted by Crippen LogP contribution is -2.45. The summed E-state index contributed by atoms with van der Waals surface area (Å²) in [5.74, 6) is 1.46. The van der Waals surface area contributed by atoms with Gasteiger partial charge in [-0.25, -0.2) is 0 Å². The number of aromatic nitrogens is 2. The maximum atomic E-state index is 5.80. The monoisotopic (exact) mass is 280 g/mol. The Morgan fingerprint density at radius 3 is 2.80 bits per heavy atom. The minimum absolute atomic E-state index is 0.00761. The van der Waals surface area contributed by atoms with E-state index in [1.807, 2.05) is 0 Å². The summed E-state index contributed by atoms with van der Waals surface area (Å²) in [6, 6.07) is 0.258. The summed E-state index contributed by atoms with van der Waals surface area (Å²) in [4.78, 5) is 7.04. The fraction of sp³-hybridized carbons (Fsp3) is 0.857. The molecule has 3 heterocycles. The zero-order valence-electron chi connectivity index (χ0n) is 12.3. The number of rotatable bonds is 4. The number of nitrogens with zero attached hydrogens (tertiary/aromatic N) is 3. The van der Waals surface area contributed by atoms with Crippen molar-refractivity contribution in [3.05, 3.63) is 11.7 Å². The lowest BCUT2D eigenvalue weighted by Gasteiger charge is -2.32. The third kappa shape index (κ3) is 2.87. The Labute approximate surface area is 119 Å². The molecule has 0 saturated carbocycles. The molecule has 3 unspecified atom stereocenters. The van der Waals surface area contributed by atoms with Crippen LogP contribution in [-0.2, 0) is 4.74 Å². The van der Waals surface area contributed by atoms with E-state index in [9.17, 15) is 0 Å². The quantitative estimate of drug-likeness (QED) is 0.905. The fourth-order valence-corrected chi connectivity index (χ4v) is 3.10. The number of piperazine rings is 1. The molecule has 2 fully saturated rings. The summed E-state index contributed by atoms with van der Waals surface area (Å²) in [5, 5.41) is 7.58. The summed E-state index contributed by atoms with van der Waals surface area (Å²) in [6.07, 6.45) is 3.34. The molecule has 1 N–H and O–H groups in total. The number of ether oxygens (including phenoxy) is 1. The highest BCUT2D eigenvalue weighted by Gasteiger charge is 2.30. The highest BCUT2D eigenvalue weighted by atomic mass is 16.5. The number of hydrogen-bond donors (Lipinski definition) is 1.